The number of alkyl halides is 3. The maximum atomic E-state index is 13.2. The number of ether oxygens (including phenoxy) is 1. The summed E-state index contributed by atoms with van der Waals surface area (Å²) in [6.07, 6.45) is -0.965. The number of hydroxylamine groups is 2. The fourth-order valence-corrected chi connectivity index (χ4v) is 3.92. The van der Waals surface area contributed by atoms with Crippen molar-refractivity contribution in [3.05, 3.63) is 24.0 Å². The minimum atomic E-state index is -4.79. The number of rotatable bonds is 9. The van der Waals surface area contributed by atoms with Crippen LogP contribution in [0.3, 0.4) is 0 Å². The molecule has 2 atom stereocenters. The molecule has 1 aromatic carbocycles. The van der Waals surface area contributed by atoms with Crippen molar-refractivity contribution in [2.45, 2.75) is 51.4 Å². The van der Waals surface area contributed by atoms with Crippen LogP contribution < -0.4 is 4.74 Å². The van der Waals surface area contributed by atoms with Crippen molar-refractivity contribution in [1.29, 1.82) is 0 Å². The van der Waals surface area contributed by atoms with Gasteiger partial charge in [0, 0.05) is 12.6 Å². The molecule has 2 amide bonds. The third-order valence-corrected chi connectivity index (χ3v) is 5.34. The molecule has 1 aliphatic rings. The van der Waals surface area contributed by atoms with Gasteiger partial charge in [-0.3, -0.25) is 14.8 Å². The van der Waals surface area contributed by atoms with Gasteiger partial charge in [-0.15, -0.1) is 13.2 Å². The Morgan fingerprint density at radius 1 is 1.48 bits per heavy atom. The Balaban J connectivity index is 1.81. The van der Waals surface area contributed by atoms with Crippen LogP contribution in [0.25, 0.3) is 11.0 Å². The number of hydrogen-bond donors (Lipinski definition) is 2. The summed E-state index contributed by atoms with van der Waals surface area (Å²) in [7, 11) is 0. The third-order valence-electron chi connectivity index (χ3n) is 5.34. The molecular weight excluding hydrogens is 417 g/mol. The van der Waals surface area contributed by atoms with Gasteiger partial charge in [-0.25, -0.2) is 10.0 Å². The van der Waals surface area contributed by atoms with Crippen LogP contribution >= 0.6 is 0 Å². The first kappa shape index (κ1) is 22.9. The molecule has 0 bridgehead atoms. The first-order valence-electron chi connectivity index (χ1n) is 10.2. The van der Waals surface area contributed by atoms with Crippen LogP contribution in [0.5, 0.6) is 5.75 Å². The average molecular weight is 442 g/mol. The molecule has 0 radical (unpaired) electrons. The highest BCUT2D eigenvalue weighted by Crippen LogP contribution is 2.34. The number of halogens is 3. The molecule has 1 aromatic heterocycles. The molecule has 2 aromatic rings. The Labute approximate surface area is 176 Å². The second-order valence-electron chi connectivity index (χ2n) is 7.61. The van der Waals surface area contributed by atoms with Gasteiger partial charge >= 0.3 is 6.36 Å². The van der Waals surface area contributed by atoms with Crippen LogP contribution in [0.4, 0.5) is 13.2 Å². The molecule has 1 fully saturated rings. The highest BCUT2D eigenvalue weighted by molar-refractivity contribution is 5.81. The Bertz CT molecular complexity index is 917. The van der Waals surface area contributed by atoms with Gasteiger partial charge in [0.2, 0.25) is 12.3 Å². The van der Waals surface area contributed by atoms with Gasteiger partial charge in [0.1, 0.15) is 11.6 Å². The number of nitrogens with one attached hydrogen (secondary N) is 1. The summed E-state index contributed by atoms with van der Waals surface area (Å²) in [4.78, 5) is 33.2. The molecule has 2 N–H and O–H groups in total. The van der Waals surface area contributed by atoms with Gasteiger partial charge < -0.3 is 14.6 Å². The van der Waals surface area contributed by atoms with Crippen LogP contribution in [0, 0.1) is 5.92 Å². The number of carbonyl (C=O) groups is 2. The number of H-pyrrole nitrogens is 1. The number of amides is 2. The van der Waals surface area contributed by atoms with Crippen molar-refractivity contribution in [2.75, 3.05) is 13.1 Å². The van der Waals surface area contributed by atoms with Gasteiger partial charge in [-0.05, 0) is 31.4 Å². The van der Waals surface area contributed by atoms with Crippen molar-refractivity contribution in [1.82, 2.24) is 19.9 Å². The van der Waals surface area contributed by atoms with Crippen molar-refractivity contribution >= 4 is 23.4 Å². The van der Waals surface area contributed by atoms with E-state index in [1.54, 1.807) is 4.90 Å². The molecule has 0 aliphatic carbocycles. The van der Waals surface area contributed by atoms with E-state index in [2.05, 4.69) is 14.7 Å². The minimum absolute atomic E-state index is 0.0934. The second-order valence-corrected chi connectivity index (χ2v) is 7.61. The Morgan fingerprint density at radius 2 is 2.26 bits per heavy atom. The third kappa shape index (κ3) is 5.66. The molecule has 1 saturated heterocycles. The summed E-state index contributed by atoms with van der Waals surface area (Å²) in [5, 5.41) is 10.1. The van der Waals surface area contributed by atoms with Crippen LogP contribution in [0.1, 0.15) is 50.9 Å². The minimum Gasteiger partial charge on any atom is -0.406 e. The Morgan fingerprint density at radius 3 is 2.94 bits per heavy atom. The van der Waals surface area contributed by atoms with E-state index in [9.17, 15) is 28.0 Å². The molecule has 8 nitrogen and oxygen atoms in total. The summed E-state index contributed by atoms with van der Waals surface area (Å²) >= 11 is 0. The van der Waals surface area contributed by atoms with Crippen molar-refractivity contribution in [3.63, 3.8) is 0 Å². The Hall–Kier alpha value is -2.82. The van der Waals surface area contributed by atoms with Gasteiger partial charge in [0.15, 0.2) is 0 Å². The van der Waals surface area contributed by atoms with E-state index in [1.807, 2.05) is 6.92 Å². The normalized spacial score (nSPS) is 17.7. The molecule has 1 aliphatic heterocycles. The molecule has 0 saturated carbocycles. The van der Waals surface area contributed by atoms with Crippen LogP contribution in [-0.4, -0.2) is 56.9 Å². The summed E-state index contributed by atoms with van der Waals surface area (Å²) in [5.41, 5.74) is 0.843. The lowest BCUT2D eigenvalue weighted by Gasteiger charge is -2.29. The van der Waals surface area contributed by atoms with E-state index in [-0.39, 0.29) is 30.7 Å². The lowest BCUT2D eigenvalue weighted by molar-refractivity contribution is -0.274. The molecule has 3 rings (SSSR count). The summed E-state index contributed by atoms with van der Waals surface area (Å²) in [6.45, 7) is 2.39. The van der Waals surface area contributed by atoms with E-state index >= 15 is 0 Å². The van der Waals surface area contributed by atoms with Crippen molar-refractivity contribution in [3.8, 4) is 5.75 Å². The van der Waals surface area contributed by atoms with E-state index < -0.39 is 12.3 Å². The molecule has 170 valence electrons. The van der Waals surface area contributed by atoms with Gasteiger partial charge in [-0.1, -0.05) is 19.8 Å². The van der Waals surface area contributed by atoms with Gasteiger partial charge in [-0.2, -0.15) is 0 Å². The fourth-order valence-electron chi connectivity index (χ4n) is 3.92. The van der Waals surface area contributed by atoms with E-state index in [1.165, 1.54) is 18.2 Å². The van der Waals surface area contributed by atoms with E-state index in [0.717, 1.165) is 19.3 Å². The largest absolute Gasteiger partial charge is 0.573 e. The van der Waals surface area contributed by atoms with Crippen molar-refractivity contribution in [2.24, 2.45) is 5.92 Å². The molecule has 2 heterocycles. The second kappa shape index (κ2) is 9.54. The van der Waals surface area contributed by atoms with Crippen molar-refractivity contribution < 1.29 is 32.7 Å². The number of nitrogens with zero attached hydrogens (tertiary/aromatic N) is 3. The first-order chi connectivity index (χ1) is 14.7. The monoisotopic (exact) mass is 442 g/mol. The fraction of sp³-hybridized carbons (Fsp3) is 0.550. The number of benzene rings is 1. The number of fused-ring (bicyclic) bond motifs is 1. The number of aromatic nitrogens is 2. The maximum Gasteiger partial charge on any atom is 0.573 e. The molecular formula is C20H25F3N4O4. The summed E-state index contributed by atoms with van der Waals surface area (Å²) < 4.78 is 41.4. The number of aromatic amines is 1. The molecule has 11 heteroatoms. The predicted octanol–water partition coefficient (Wildman–Crippen LogP) is 3.78. The summed E-state index contributed by atoms with van der Waals surface area (Å²) in [5.74, 6) is -0.616. The zero-order valence-corrected chi connectivity index (χ0v) is 17.1. The SMILES string of the molecule is CCCC[C@H](CN(O)C=O)C(=O)N1CCC[C@H]1c1nc2cc(OC(F)(F)F)ccc2[nH]1. The molecule has 0 unspecified atom stereocenters. The smallest absolute Gasteiger partial charge is 0.406 e. The molecule has 0 spiro atoms. The van der Waals surface area contributed by atoms with Gasteiger partial charge in [0.25, 0.3) is 0 Å². The van der Waals surface area contributed by atoms with E-state index in [4.69, 9.17) is 0 Å². The molecule has 31 heavy (non-hydrogen) atoms. The number of likely N-dealkylation sites (tertiary alicyclic amines) is 1. The highest BCUT2D eigenvalue weighted by Gasteiger charge is 2.36. The lowest BCUT2D eigenvalue weighted by Crippen LogP contribution is -2.40. The highest BCUT2D eigenvalue weighted by atomic mass is 19.4. The van der Waals surface area contributed by atoms with Crippen LogP contribution in [0.2, 0.25) is 0 Å². The zero-order chi connectivity index (χ0) is 22.6. The zero-order valence-electron chi connectivity index (χ0n) is 17.1. The predicted molar refractivity (Wildman–Crippen MR) is 104 cm³/mol. The van der Waals surface area contributed by atoms with E-state index in [0.29, 0.717) is 41.3 Å². The van der Waals surface area contributed by atoms with Gasteiger partial charge in [0.05, 0.1) is 29.5 Å². The standard InChI is InChI=1S/C20H25F3N4O4/c1-2-3-5-13(11-26(30)12-28)19(29)27-9-4-6-17(27)18-24-15-8-7-14(10-16(15)25-18)31-20(21,22)23/h7-8,10,12-13,17,30H,2-6,9,11H2,1H3,(H,24,25)/t13-,17+/m1/s1. The summed E-state index contributed by atoms with van der Waals surface area (Å²) in [6, 6.07) is 3.48. The average Bonchev–Trinajstić information content (AvgIpc) is 3.35. The first-order valence-corrected chi connectivity index (χ1v) is 10.2. The number of carbonyl (C=O) groups excluding carboxylic acids is 2. The maximum absolute atomic E-state index is 13.2. The quantitative estimate of drug-likeness (QED) is 0.350. The number of unbranched alkanes of at least 4 members (excludes halogenated alkanes) is 1. The van der Waals surface area contributed by atoms with Crippen LogP contribution in [0.15, 0.2) is 18.2 Å². The topological polar surface area (TPSA) is 98.8 Å². The van der Waals surface area contributed by atoms with Crippen LogP contribution in [-0.2, 0) is 9.59 Å². The lowest BCUT2D eigenvalue weighted by atomic mass is 9.99. The number of hydrogen-bond acceptors (Lipinski definition) is 5. The number of imidazole rings is 1. The Kier molecular flexibility index (Phi) is 7.04.